The van der Waals surface area contributed by atoms with E-state index >= 15 is 0 Å². The van der Waals surface area contributed by atoms with Crippen LogP contribution in [0.2, 0.25) is 0 Å². The molecule has 6 nitrogen and oxygen atoms in total. The predicted octanol–water partition coefficient (Wildman–Crippen LogP) is 5.57. The van der Waals surface area contributed by atoms with E-state index in [1.165, 1.54) is 0 Å². The maximum absolute atomic E-state index is 10.3. The normalized spacial score (nSPS) is 14.0. The van der Waals surface area contributed by atoms with Gasteiger partial charge in [0.25, 0.3) is 0 Å². The van der Waals surface area contributed by atoms with Crippen molar-refractivity contribution in [1.82, 2.24) is 4.90 Å². The number of phenols is 1. The van der Waals surface area contributed by atoms with E-state index in [4.69, 9.17) is 14.2 Å². The number of nitrogens with zero attached hydrogens (tertiary/aromatic N) is 1. The number of aliphatic hydroxyl groups is 1. The molecule has 0 spiro atoms. The van der Waals surface area contributed by atoms with Gasteiger partial charge in [-0.2, -0.15) is 0 Å². The van der Waals surface area contributed by atoms with E-state index in [0.29, 0.717) is 12.3 Å². The topological polar surface area (TPSA) is 71.4 Å². The molecule has 0 radical (unpaired) electrons. The Bertz CT molecular complexity index is 1170. The number of rotatable bonds is 11. The lowest BCUT2D eigenvalue weighted by atomic mass is 9.88. The van der Waals surface area contributed by atoms with Crippen LogP contribution in [0, 0.1) is 0 Å². The fraction of sp³-hybridized carbons (Fsp3) is 0.333. The molecule has 36 heavy (non-hydrogen) atoms. The molecule has 3 aromatic carbocycles. The van der Waals surface area contributed by atoms with Crippen LogP contribution in [0.4, 0.5) is 0 Å². The minimum atomic E-state index is -0.547. The van der Waals surface area contributed by atoms with Crippen LogP contribution < -0.4 is 14.2 Å². The Morgan fingerprint density at radius 3 is 2.11 bits per heavy atom. The number of ether oxygens (including phenoxy) is 3. The molecule has 0 amide bonds. The van der Waals surface area contributed by atoms with Crippen molar-refractivity contribution in [3.05, 3.63) is 83.4 Å². The largest absolute Gasteiger partial charge is 0.508 e. The van der Waals surface area contributed by atoms with Crippen LogP contribution in [-0.4, -0.2) is 54.3 Å². The summed E-state index contributed by atoms with van der Waals surface area (Å²) in [6.07, 6.45) is 0.251. The van der Waals surface area contributed by atoms with Crippen molar-refractivity contribution in [2.75, 3.05) is 33.0 Å². The van der Waals surface area contributed by atoms with E-state index in [9.17, 15) is 10.2 Å². The van der Waals surface area contributed by atoms with Crippen molar-refractivity contribution in [2.45, 2.75) is 33.3 Å². The van der Waals surface area contributed by atoms with Crippen molar-refractivity contribution in [1.29, 1.82) is 0 Å². The first-order chi connectivity index (χ1) is 17.5. The molecule has 1 heterocycles. The first-order valence-electron chi connectivity index (χ1n) is 12.6. The Balaban J connectivity index is 1.63. The minimum Gasteiger partial charge on any atom is -0.508 e. The lowest BCUT2D eigenvalue weighted by molar-refractivity contribution is 0.0716. The maximum Gasteiger partial charge on any atom is 0.231 e. The highest BCUT2D eigenvalue weighted by Gasteiger charge is 2.18. The zero-order chi connectivity index (χ0) is 25.5. The summed E-state index contributed by atoms with van der Waals surface area (Å²) in [5, 5.41) is 20.2. The molecule has 0 aromatic heterocycles. The maximum atomic E-state index is 10.3. The SMILES string of the molecule is CCC(=C(c1ccc(O)cc1)c1ccc(OCC(O)CN(CC)CC)cc1)c1ccc2c(c1)OCO2. The van der Waals surface area contributed by atoms with Gasteiger partial charge in [-0.25, -0.2) is 0 Å². The molecule has 0 saturated heterocycles. The zero-order valence-electron chi connectivity index (χ0n) is 21.2. The third kappa shape index (κ3) is 6.01. The van der Waals surface area contributed by atoms with Gasteiger partial charge in [0.15, 0.2) is 11.5 Å². The Labute approximate surface area is 213 Å². The second kappa shape index (κ2) is 12.0. The molecule has 1 atom stereocenters. The number of phenolic OH excluding ortho intramolecular Hbond substituents is 1. The van der Waals surface area contributed by atoms with Gasteiger partial charge in [-0.1, -0.05) is 51.1 Å². The van der Waals surface area contributed by atoms with Gasteiger partial charge >= 0.3 is 0 Å². The Hall–Kier alpha value is -3.48. The molecule has 0 saturated carbocycles. The van der Waals surface area contributed by atoms with E-state index in [1.54, 1.807) is 12.1 Å². The number of allylic oxidation sites excluding steroid dienone is 1. The average molecular weight is 490 g/mol. The van der Waals surface area contributed by atoms with Crippen LogP contribution >= 0.6 is 0 Å². The van der Waals surface area contributed by atoms with Gasteiger partial charge in [-0.05, 0) is 83.7 Å². The van der Waals surface area contributed by atoms with E-state index < -0.39 is 6.10 Å². The van der Waals surface area contributed by atoms with E-state index in [2.05, 4.69) is 31.7 Å². The van der Waals surface area contributed by atoms with Gasteiger partial charge in [-0.15, -0.1) is 0 Å². The third-order valence-corrected chi connectivity index (χ3v) is 6.48. The fourth-order valence-electron chi connectivity index (χ4n) is 4.50. The third-order valence-electron chi connectivity index (χ3n) is 6.48. The van der Waals surface area contributed by atoms with Crippen LogP contribution in [0.15, 0.2) is 66.7 Å². The molecule has 3 aromatic rings. The highest BCUT2D eigenvalue weighted by molar-refractivity contribution is 5.99. The molecule has 190 valence electrons. The molecule has 0 aliphatic carbocycles. The first kappa shape index (κ1) is 25.6. The summed E-state index contributed by atoms with van der Waals surface area (Å²) in [6, 6.07) is 21.3. The monoisotopic (exact) mass is 489 g/mol. The van der Waals surface area contributed by atoms with Crippen molar-refractivity contribution in [3.63, 3.8) is 0 Å². The van der Waals surface area contributed by atoms with Gasteiger partial charge in [-0.3, -0.25) is 0 Å². The molecule has 1 aliphatic heterocycles. The lowest BCUT2D eigenvalue weighted by Crippen LogP contribution is -2.35. The van der Waals surface area contributed by atoms with E-state index in [0.717, 1.165) is 58.8 Å². The number of aromatic hydroxyl groups is 1. The Kier molecular flexibility index (Phi) is 8.52. The van der Waals surface area contributed by atoms with Gasteiger partial charge in [0.05, 0.1) is 0 Å². The Morgan fingerprint density at radius 1 is 0.861 bits per heavy atom. The minimum absolute atomic E-state index is 0.228. The molecule has 4 rings (SSSR count). The highest BCUT2D eigenvalue weighted by Crippen LogP contribution is 2.40. The molecule has 0 bridgehead atoms. The average Bonchev–Trinajstić information content (AvgIpc) is 3.38. The molecule has 2 N–H and O–H groups in total. The number of likely N-dealkylation sites (N-methyl/N-ethyl adjacent to an activating group) is 1. The lowest BCUT2D eigenvalue weighted by Gasteiger charge is -2.22. The fourth-order valence-corrected chi connectivity index (χ4v) is 4.50. The summed E-state index contributed by atoms with van der Waals surface area (Å²) in [5.74, 6) is 2.44. The van der Waals surface area contributed by atoms with Crippen LogP contribution in [-0.2, 0) is 0 Å². The van der Waals surface area contributed by atoms with Gasteiger partial charge < -0.3 is 29.3 Å². The van der Waals surface area contributed by atoms with Crippen molar-refractivity contribution in [2.24, 2.45) is 0 Å². The summed E-state index contributed by atoms with van der Waals surface area (Å²) in [4.78, 5) is 2.17. The molecular formula is C30H35NO5. The molecular weight excluding hydrogens is 454 g/mol. The quantitative estimate of drug-likeness (QED) is 0.343. The van der Waals surface area contributed by atoms with E-state index in [-0.39, 0.29) is 19.1 Å². The van der Waals surface area contributed by atoms with Crippen molar-refractivity contribution >= 4 is 11.1 Å². The van der Waals surface area contributed by atoms with Crippen LogP contribution in [0.5, 0.6) is 23.0 Å². The summed E-state index contributed by atoms with van der Waals surface area (Å²) in [7, 11) is 0. The summed E-state index contributed by atoms with van der Waals surface area (Å²) in [5.41, 5.74) is 5.33. The molecule has 1 unspecified atom stereocenters. The van der Waals surface area contributed by atoms with Gasteiger partial charge in [0.2, 0.25) is 6.79 Å². The van der Waals surface area contributed by atoms with Crippen LogP contribution in [0.1, 0.15) is 43.9 Å². The number of fused-ring (bicyclic) bond motifs is 1. The second-order valence-electron chi connectivity index (χ2n) is 8.80. The molecule has 0 fully saturated rings. The number of hydrogen-bond donors (Lipinski definition) is 2. The van der Waals surface area contributed by atoms with E-state index in [1.807, 2.05) is 48.5 Å². The molecule has 1 aliphatic rings. The van der Waals surface area contributed by atoms with Crippen molar-refractivity contribution in [3.8, 4) is 23.0 Å². The number of aliphatic hydroxyl groups excluding tert-OH is 1. The molecule has 6 heteroatoms. The van der Waals surface area contributed by atoms with Crippen LogP contribution in [0.25, 0.3) is 11.1 Å². The zero-order valence-corrected chi connectivity index (χ0v) is 21.2. The predicted molar refractivity (Wildman–Crippen MR) is 143 cm³/mol. The number of benzene rings is 3. The van der Waals surface area contributed by atoms with Gasteiger partial charge in [0, 0.05) is 6.54 Å². The number of hydrogen-bond acceptors (Lipinski definition) is 6. The van der Waals surface area contributed by atoms with Crippen molar-refractivity contribution < 1.29 is 24.4 Å². The highest BCUT2D eigenvalue weighted by atomic mass is 16.7. The smallest absolute Gasteiger partial charge is 0.231 e. The summed E-state index contributed by atoms with van der Waals surface area (Å²) in [6.45, 7) is 9.18. The first-order valence-corrected chi connectivity index (χ1v) is 12.6. The second-order valence-corrected chi connectivity index (χ2v) is 8.80. The Morgan fingerprint density at radius 2 is 1.47 bits per heavy atom. The standard InChI is InChI=1S/C30H35NO5/c1-4-27(23-11-16-28-29(17-23)36-20-35-28)30(21-7-12-24(32)13-8-21)22-9-14-26(15-10-22)34-19-25(33)18-31(5-2)6-3/h7-17,25,32-33H,4-6,18-20H2,1-3H3. The summed E-state index contributed by atoms with van der Waals surface area (Å²) < 4.78 is 17.0. The van der Waals surface area contributed by atoms with Crippen LogP contribution in [0.3, 0.4) is 0 Å². The summed E-state index contributed by atoms with van der Waals surface area (Å²) >= 11 is 0. The van der Waals surface area contributed by atoms with Gasteiger partial charge in [0.1, 0.15) is 24.2 Å².